The van der Waals surface area contributed by atoms with Gasteiger partial charge >= 0.3 is 0 Å². The van der Waals surface area contributed by atoms with Gasteiger partial charge in [-0.15, -0.1) is 10.2 Å². The summed E-state index contributed by atoms with van der Waals surface area (Å²) in [6.07, 6.45) is 4.91. The van der Waals surface area contributed by atoms with Crippen molar-refractivity contribution < 1.29 is 4.79 Å². The number of hydrogen-bond donors (Lipinski definition) is 2. The van der Waals surface area contributed by atoms with Gasteiger partial charge in [0.05, 0.1) is 5.54 Å². The molecule has 1 aliphatic rings. The highest BCUT2D eigenvalue weighted by molar-refractivity contribution is 7.99. The fraction of sp³-hybridized carbons (Fsp3) is 0.700. The molecule has 2 rings (SSSR count). The molecule has 0 aliphatic heterocycles. The molecule has 94 valence electrons. The molecule has 7 heteroatoms. The topological polar surface area (TPSA) is 99.8 Å². The summed E-state index contributed by atoms with van der Waals surface area (Å²) in [6.45, 7) is 0. The zero-order valence-corrected chi connectivity index (χ0v) is 10.6. The second-order valence-electron chi connectivity index (χ2n) is 4.58. The maximum atomic E-state index is 11.3. The van der Waals surface area contributed by atoms with Gasteiger partial charge in [-0.1, -0.05) is 11.8 Å². The number of aromatic nitrogens is 3. The summed E-state index contributed by atoms with van der Waals surface area (Å²) in [7, 11) is 1.90. The summed E-state index contributed by atoms with van der Waals surface area (Å²) < 4.78 is 1.86. The van der Waals surface area contributed by atoms with E-state index in [-0.39, 0.29) is 5.25 Å². The van der Waals surface area contributed by atoms with E-state index in [9.17, 15) is 4.79 Å². The largest absolute Gasteiger partial charge is 0.368 e. The molecule has 2 unspecified atom stereocenters. The van der Waals surface area contributed by atoms with Gasteiger partial charge in [-0.3, -0.25) is 4.79 Å². The third-order valence-electron chi connectivity index (χ3n) is 3.17. The number of amides is 1. The minimum atomic E-state index is -0.853. The van der Waals surface area contributed by atoms with Crippen LogP contribution >= 0.6 is 11.8 Å². The lowest BCUT2D eigenvalue weighted by Crippen LogP contribution is -2.55. The maximum Gasteiger partial charge on any atom is 0.237 e. The number of nitrogens with zero attached hydrogens (tertiary/aromatic N) is 3. The van der Waals surface area contributed by atoms with E-state index in [2.05, 4.69) is 10.2 Å². The van der Waals surface area contributed by atoms with Crippen LogP contribution < -0.4 is 11.5 Å². The van der Waals surface area contributed by atoms with Gasteiger partial charge in [0.1, 0.15) is 6.33 Å². The van der Waals surface area contributed by atoms with Crippen LogP contribution in [0, 0.1) is 0 Å². The first-order valence-corrected chi connectivity index (χ1v) is 6.49. The first kappa shape index (κ1) is 12.4. The number of nitrogens with two attached hydrogens (primary N) is 2. The fourth-order valence-corrected chi connectivity index (χ4v) is 3.38. The summed E-state index contributed by atoms with van der Waals surface area (Å²) >= 11 is 1.62. The Morgan fingerprint density at radius 2 is 2.47 bits per heavy atom. The molecule has 6 nitrogen and oxygen atoms in total. The van der Waals surface area contributed by atoms with Crippen LogP contribution in [0.3, 0.4) is 0 Å². The highest BCUT2D eigenvalue weighted by Crippen LogP contribution is 2.36. The smallest absolute Gasteiger partial charge is 0.237 e. The zero-order valence-electron chi connectivity index (χ0n) is 9.80. The molecule has 4 N–H and O–H groups in total. The van der Waals surface area contributed by atoms with E-state index in [4.69, 9.17) is 11.5 Å². The average Bonchev–Trinajstić information content (AvgIpc) is 2.64. The Kier molecular flexibility index (Phi) is 3.39. The summed E-state index contributed by atoms with van der Waals surface area (Å²) in [5.41, 5.74) is 10.5. The molecular formula is C10H17N5OS. The Balaban J connectivity index is 2.03. The third-order valence-corrected chi connectivity index (χ3v) is 4.49. The molecule has 0 aromatic carbocycles. The standard InChI is InChI=1S/C10H17N5OS/c1-15-6-13-14-9(15)17-7-3-2-4-10(12,5-7)8(11)16/h6-7H,2-5,12H2,1H3,(H2,11,16). The number of primary amides is 1. The lowest BCUT2D eigenvalue weighted by molar-refractivity contribution is -0.124. The molecule has 0 radical (unpaired) electrons. The van der Waals surface area contributed by atoms with E-state index in [1.54, 1.807) is 18.1 Å². The van der Waals surface area contributed by atoms with Crippen molar-refractivity contribution >= 4 is 17.7 Å². The molecule has 1 heterocycles. The number of carbonyl (C=O) groups excluding carboxylic acids is 1. The van der Waals surface area contributed by atoms with Gasteiger partial charge in [0.25, 0.3) is 0 Å². The van der Waals surface area contributed by atoms with Crippen molar-refractivity contribution in [3.8, 4) is 0 Å². The fourth-order valence-electron chi connectivity index (χ4n) is 2.11. The van der Waals surface area contributed by atoms with Gasteiger partial charge in [-0.2, -0.15) is 0 Å². The van der Waals surface area contributed by atoms with Gasteiger partial charge in [0.2, 0.25) is 5.91 Å². The quantitative estimate of drug-likeness (QED) is 0.794. The van der Waals surface area contributed by atoms with Gasteiger partial charge in [0, 0.05) is 12.3 Å². The summed E-state index contributed by atoms with van der Waals surface area (Å²) in [5.74, 6) is -0.402. The van der Waals surface area contributed by atoms with Crippen LogP contribution in [-0.4, -0.2) is 31.5 Å². The first-order valence-electron chi connectivity index (χ1n) is 5.61. The summed E-state index contributed by atoms with van der Waals surface area (Å²) in [5, 5.41) is 8.98. The molecule has 1 aromatic heterocycles. The number of thioether (sulfide) groups is 1. The Hall–Kier alpha value is -1.08. The van der Waals surface area contributed by atoms with E-state index in [1.165, 1.54) is 0 Å². The highest BCUT2D eigenvalue weighted by atomic mass is 32.2. The number of hydrogen-bond acceptors (Lipinski definition) is 5. The normalized spacial score (nSPS) is 29.2. The van der Waals surface area contributed by atoms with Crippen molar-refractivity contribution in [3.05, 3.63) is 6.33 Å². The molecule has 0 spiro atoms. The van der Waals surface area contributed by atoms with E-state index < -0.39 is 11.4 Å². The van der Waals surface area contributed by atoms with Crippen molar-refractivity contribution in [2.75, 3.05) is 0 Å². The van der Waals surface area contributed by atoms with E-state index in [0.717, 1.165) is 18.0 Å². The molecular weight excluding hydrogens is 238 g/mol. The van der Waals surface area contributed by atoms with Crippen LogP contribution in [0.2, 0.25) is 0 Å². The Morgan fingerprint density at radius 1 is 1.71 bits per heavy atom. The van der Waals surface area contributed by atoms with E-state index in [0.29, 0.717) is 12.8 Å². The van der Waals surface area contributed by atoms with Crippen LogP contribution in [0.4, 0.5) is 0 Å². The first-order chi connectivity index (χ1) is 8.01. The van der Waals surface area contributed by atoms with E-state index >= 15 is 0 Å². The van der Waals surface area contributed by atoms with Crippen molar-refractivity contribution in [3.63, 3.8) is 0 Å². The molecule has 1 aliphatic carbocycles. The number of carbonyl (C=O) groups is 1. The van der Waals surface area contributed by atoms with Crippen molar-refractivity contribution in [2.45, 2.75) is 41.6 Å². The van der Waals surface area contributed by atoms with Crippen LogP contribution in [0.5, 0.6) is 0 Å². The summed E-state index contributed by atoms with van der Waals surface area (Å²) in [4.78, 5) is 11.3. The van der Waals surface area contributed by atoms with Crippen molar-refractivity contribution in [1.29, 1.82) is 0 Å². The Morgan fingerprint density at radius 3 is 3.06 bits per heavy atom. The van der Waals surface area contributed by atoms with Crippen LogP contribution in [0.15, 0.2) is 11.5 Å². The molecule has 2 atom stereocenters. The van der Waals surface area contributed by atoms with Crippen molar-refractivity contribution in [1.82, 2.24) is 14.8 Å². The molecule has 1 amide bonds. The Bertz CT molecular complexity index is 421. The van der Waals surface area contributed by atoms with E-state index in [1.807, 2.05) is 11.6 Å². The van der Waals surface area contributed by atoms with Crippen molar-refractivity contribution in [2.24, 2.45) is 18.5 Å². The molecule has 1 aromatic rings. The SMILES string of the molecule is Cn1cnnc1SC1CCCC(N)(C(N)=O)C1. The zero-order chi connectivity index (χ0) is 12.5. The highest BCUT2D eigenvalue weighted by Gasteiger charge is 2.38. The number of rotatable bonds is 3. The minimum Gasteiger partial charge on any atom is -0.368 e. The lowest BCUT2D eigenvalue weighted by Gasteiger charge is -2.34. The Labute approximate surface area is 104 Å². The van der Waals surface area contributed by atoms with Gasteiger partial charge < -0.3 is 16.0 Å². The predicted octanol–water partition coefficient (Wildman–Crippen LogP) is 0.0326. The monoisotopic (exact) mass is 255 g/mol. The molecule has 17 heavy (non-hydrogen) atoms. The van der Waals surface area contributed by atoms with Crippen LogP contribution in [0.1, 0.15) is 25.7 Å². The van der Waals surface area contributed by atoms with Crippen LogP contribution in [-0.2, 0) is 11.8 Å². The molecule has 1 fully saturated rings. The maximum absolute atomic E-state index is 11.3. The second-order valence-corrected chi connectivity index (χ2v) is 5.85. The average molecular weight is 255 g/mol. The predicted molar refractivity (Wildman–Crippen MR) is 65.2 cm³/mol. The molecule has 1 saturated carbocycles. The van der Waals surface area contributed by atoms with Gasteiger partial charge in [0.15, 0.2) is 5.16 Å². The minimum absolute atomic E-state index is 0.282. The van der Waals surface area contributed by atoms with Crippen LogP contribution in [0.25, 0.3) is 0 Å². The second kappa shape index (κ2) is 4.66. The molecule has 0 bridgehead atoms. The summed E-state index contributed by atoms with van der Waals surface area (Å²) in [6, 6.07) is 0. The lowest BCUT2D eigenvalue weighted by atomic mass is 9.82. The van der Waals surface area contributed by atoms with Gasteiger partial charge in [-0.05, 0) is 25.7 Å². The van der Waals surface area contributed by atoms with Gasteiger partial charge in [-0.25, -0.2) is 0 Å². The number of aryl methyl sites for hydroxylation is 1. The third kappa shape index (κ3) is 2.61. The molecule has 0 saturated heterocycles.